The lowest BCUT2D eigenvalue weighted by Crippen LogP contribution is -2.26. The predicted octanol–water partition coefficient (Wildman–Crippen LogP) is 7.00. The van der Waals surface area contributed by atoms with Gasteiger partial charge in [0.15, 0.2) is 0 Å². The lowest BCUT2D eigenvalue weighted by atomic mass is 10.0. The largest absolute Gasteiger partial charge is 0.506 e. The minimum atomic E-state index is -0.0212. The van der Waals surface area contributed by atoms with Crippen molar-refractivity contribution >= 4 is 43.0 Å². The van der Waals surface area contributed by atoms with Crippen LogP contribution >= 0.6 is 22.7 Å². The SMILES string of the molecule is O=c1c2c(nc(CCc3ccccc3)n1CCc1cccs1)sc1c(O)cc(Cc3ccccc3)cc12. The van der Waals surface area contributed by atoms with Crippen molar-refractivity contribution in [3.8, 4) is 5.75 Å². The van der Waals surface area contributed by atoms with Gasteiger partial charge in [0.2, 0.25) is 0 Å². The summed E-state index contributed by atoms with van der Waals surface area (Å²) in [7, 11) is 0. The number of hydrogen-bond acceptors (Lipinski definition) is 5. The third kappa shape index (κ3) is 4.95. The quantitative estimate of drug-likeness (QED) is 0.234. The normalized spacial score (nSPS) is 11.5. The van der Waals surface area contributed by atoms with E-state index in [1.54, 1.807) is 11.3 Å². The van der Waals surface area contributed by atoms with Crippen LogP contribution in [0.25, 0.3) is 20.3 Å². The van der Waals surface area contributed by atoms with E-state index in [-0.39, 0.29) is 11.3 Å². The average Bonchev–Trinajstić information content (AvgIpc) is 3.56. The molecule has 4 nitrogen and oxygen atoms in total. The van der Waals surface area contributed by atoms with Gasteiger partial charge in [-0.25, -0.2) is 4.98 Å². The molecule has 0 bridgehead atoms. The smallest absolute Gasteiger partial charge is 0.262 e. The van der Waals surface area contributed by atoms with E-state index < -0.39 is 0 Å². The first kappa shape index (κ1) is 23.6. The fraction of sp³-hybridized carbons (Fsp3) is 0.161. The molecule has 37 heavy (non-hydrogen) atoms. The highest BCUT2D eigenvalue weighted by atomic mass is 32.1. The highest BCUT2D eigenvalue weighted by molar-refractivity contribution is 7.25. The summed E-state index contributed by atoms with van der Waals surface area (Å²) in [6.07, 6.45) is 2.97. The maximum atomic E-state index is 14.0. The van der Waals surface area contributed by atoms with Gasteiger partial charge in [0.05, 0.1) is 10.1 Å². The van der Waals surface area contributed by atoms with E-state index in [0.717, 1.165) is 39.9 Å². The van der Waals surface area contributed by atoms with E-state index in [0.29, 0.717) is 29.6 Å². The second-order valence-corrected chi connectivity index (χ2v) is 11.3. The number of rotatable bonds is 8. The number of aromatic nitrogens is 2. The van der Waals surface area contributed by atoms with Gasteiger partial charge < -0.3 is 5.11 Å². The molecule has 0 amide bonds. The number of nitrogens with zero attached hydrogens (tertiary/aromatic N) is 2. The van der Waals surface area contributed by atoms with Gasteiger partial charge in [0.1, 0.15) is 16.4 Å². The van der Waals surface area contributed by atoms with Crippen LogP contribution in [0.15, 0.2) is 95.1 Å². The van der Waals surface area contributed by atoms with Crippen LogP contribution in [-0.4, -0.2) is 14.7 Å². The van der Waals surface area contributed by atoms with Crippen molar-refractivity contribution in [1.82, 2.24) is 9.55 Å². The Morgan fingerprint density at radius 2 is 1.57 bits per heavy atom. The molecule has 3 heterocycles. The van der Waals surface area contributed by atoms with Gasteiger partial charge in [0, 0.05) is 23.2 Å². The van der Waals surface area contributed by atoms with Crippen molar-refractivity contribution in [2.45, 2.75) is 32.2 Å². The predicted molar refractivity (Wildman–Crippen MR) is 154 cm³/mol. The summed E-state index contributed by atoms with van der Waals surface area (Å²) in [5.41, 5.74) is 3.34. The number of thiophene rings is 2. The van der Waals surface area contributed by atoms with Gasteiger partial charge >= 0.3 is 0 Å². The Kier molecular flexibility index (Phi) is 6.60. The van der Waals surface area contributed by atoms with Crippen molar-refractivity contribution in [3.63, 3.8) is 0 Å². The molecule has 0 unspecified atom stereocenters. The monoisotopic (exact) mass is 522 g/mol. The molecule has 184 valence electrons. The third-order valence-electron chi connectivity index (χ3n) is 6.71. The van der Waals surface area contributed by atoms with E-state index in [2.05, 4.69) is 41.8 Å². The van der Waals surface area contributed by atoms with Gasteiger partial charge in [-0.15, -0.1) is 22.7 Å². The number of phenolic OH excluding ortho intramolecular Hbond substituents is 1. The summed E-state index contributed by atoms with van der Waals surface area (Å²) in [4.78, 5) is 21.0. The summed E-state index contributed by atoms with van der Waals surface area (Å²) in [5, 5.41) is 14.4. The Hall–Kier alpha value is -3.74. The molecule has 0 saturated heterocycles. The number of aryl methyl sites for hydroxylation is 3. The molecule has 0 saturated carbocycles. The van der Waals surface area contributed by atoms with Crippen LogP contribution in [0.3, 0.4) is 0 Å². The number of fused-ring (bicyclic) bond motifs is 3. The molecule has 6 heteroatoms. The van der Waals surface area contributed by atoms with E-state index >= 15 is 0 Å². The topological polar surface area (TPSA) is 55.1 Å². The van der Waals surface area contributed by atoms with Crippen LogP contribution in [0.5, 0.6) is 5.75 Å². The van der Waals surface area contributed by atoms with E-state index in [1.807, 2.05) is 53.1 Å². The van der Waals surface area contributed by atoms with Gasteiger partial charge in [-0.1, -0.05) is 66.7 Å². The minimum absolute atomic E-state index is 0.0212. The number of phenols is 1. The second-order valence-electron chi connectivity index (χ2n) is 9.24. The highest BCUT2D eigenvalue weighted by Crippen LogP contribution is 2.38. The van der Waals surface area contributed by atoms with Gasteiger partial charge in [-0.2, -0.15) is 0 Å². The number of benzene rings is 3. The van der Waals surface area contributed by atoms with Gasteiger partial charge in [0.25, 0.3) is 5.56 Å². The first-order valence-corrected chi connectivity index (χ1v) is 14.1. The Labute approximate surface area is 223 Å². The Morgan fingerprint density at radius 3 is 2.30 bits per heavy atom. The molecule has 0 aliphatic carbocycles. The molecule has 3 aromatic heterocycles. The summed E-state index contributed by atoms with van der Waals surface area (Å²) < 4.78 is 2.58. The summed E-state index contributed by atoms with van der Waals surface area (Å²) in [6, 6.07) is 28.5. The molecule has 0 fully saturated rings. The molecule has 1 N–H and O–H groups in total. The van der Waals surface area contributed by atoms with Crippen LogP contribution in [0, 0.1) is 0 Å². The lowest BCUT2D eigenvalue weighted by molar-refractivity contribution is 0.482. The van der Waals surface area contributed by atoms with Crippen molar-refractivity contribution in [2.24, 2.45) is 0 Å². The zero-order chi connectivity index (χ0) is 25.2. The van der Waals surface area contributed by atoms with Crippen molar-refractivity contribution in [2.75, 3.05) is 0 Å². The number of aromatic hydroxyl groups is 1. The molecule has 0 atom stereocenters. The van der Waals surface area contributed by atoms with Crippen LogP contribution in [0.2, 0.25) is 0 Å². The summed E-state index contributed by atoms with van der Waals surface area (Å²) in [5.74, 6) is 1.01. The van der Waals surface area contributed by atoms with E-state index in [9.17, 15) is 9.90 Å². The Morgan fingerprint density at radius 1 is 0.811 bits per heavy atom. The second kappa shape index (κ2) is 10.3. The van der Waals surface area contributed by atoms with Crippen molar-refractivity contribution in [3.05, 3.63) is 128 Å². The van der Waals surface area contributed by atoms with Crippen LogP contribution in [0.4, 0.5) is 0 Å². The van der Waals surface area contributed by atoms with Gasteiger partial charge in [-0.3, -0.25) is 9.36 Å². The molecule has 6 aromatic rings. The molecular weight excluding hydrogens is 496 g/mol. The standard InChI is InChI=1S/C31H26N2O2S2/c34-26-20-23(18-22-10-5-2-6-11-22)19-25-28-30(37-29(25)26)32-27(14-13-21-8-3-1-4-9-21)33(31(28)35)16-15-24-12-7-17-36-24/h1-12,17,19-20,34H,13-16,18H2. The highest BCUT2D eigenvalue weighted by Gasteiger charge is 2.19. The fourth-order valence-electron chi connectivity index (χ4n) is 4.88. The lowest BCUT2D eigenvalue weighted by Gasteiger charge is -2.12. The maximum Gasteiger partial charge on any atom is 0.262 e. The minimum Gasteiger partial charge on any atom is -0.506 e. The molecule has 0 radical (unpaired) electrons. The molecule has 0 spiro atoms. The van der Waals surface area contributed by atoms with Gasteiger partial charge in [-0.05, 0) is 59.5 Å². The van der Waals surface area contributed by atoms with E-state index in [1.165, 1.54) is 21.8 Å². The first-order chi connectivity index (χ1) is 18.2. The molecule has 0 aliphatic rings. The van der Waals surface area contributed by atoms with Crippen LogP contribution in [0.1, 0.15) is 27.4 Å². The fourth-order valence-corrected chi connectivity index (χ4v) is 6.65. The van der Waals surface area contributed by atoms with Crippen LogP contribution in [-0.2, 0) is 32.2 Å². The zero-order valence-corrected chi connectivity index (χ0v) is 21.9. The summed E-state index contributed by atoms with van der Waals surface area (Å²) >= 11 is 3.12. The average molecular weight is 523 g/mol. The van der Waals surface area contributed by atoms with Crippen LogP contribution < -0.4 is 5.56 Å². The van der Waals surface area contributed by atoms with E-state index in [4.69, 9.17) is 4.98 Å². The van der Waals surface area contributed by atoms with Crippen molar-refractivity contribution < 1.29 is 5.11 Å². The Balaban J connectivity index is 1.45. The third-order valence-corrected chi connectivity index (χ3v) is 8.76. The first-order valence-electron chi connectivity index (χ1n) is 12.4. The molecule has 0 aliphatic heterocycles. The molecule has 6 rings (SSSR count). The zero-order valence-electron chi connectivity index (χ0n) is 20.3. The number of hydrogen-bond donors (Lipinski definition) is 1. The molecule has 3 aromatic carbocycles. The maximum absolute atomic E-state index is 14.0. The Bertz CT molecular complexity index is 1720. The van der Waals surface area contributed by atoms with Crippen molar-refractivity contribution in [1.29, 1.82) is 0 Å². The molecular formula is C31H26N2O2S2. The summed E-state index contributed by atoms with van der Waals surface area (Å²) in [6.45, 7) is 0.583.